The highest BCUT2D eigenvalue weighted by atomic mass is 32.2. The van der Waals surface area contributed by atoms with E-state index in [1.54, 1.807) is 0 Å². The van der Waals surface area contributed by atoms with Gasteiger partial charge in [0.25, 0.3) is 10.1 Å². The van der Waals surface area contributed by atoms with Crippen molar-refractivity contribution < 1.29 is 21.4 Å². The minimum atomic E-state index is -3.98. The van der Waals surface area contributed by atoms with Gasteiger partial charge in [0.05, 0.1) is 11.9 Å². The first-order chi connectivity index (χ1) is 7.18. The van der Waals surface area contributed by atoms with Gasteiger partial charge in [0.15, 0.2) is 9.84 Å². The molecular formula is C7H12N2O5S2. The Morgan fingerprint density at radius 2 is 2.00 bits per heavy atom. The fourth-order valence-electron chi connectivity index (χ4n) is 1.07. The molecule has 1 aromatic rings. The third-order valence-corrected chi connectivity index (χ3v) is 3.70. The lowest BCUT2D eigenvalue weighted by molar-refractivity contribution is 0.476. The number of hydrogen-bond acceptors (Lipinski definition) is 5. The fraction of sp³-hybridized carbons (Fsp3) is 0.571. The Labute approximate surface area is 93.8 Å². The highest BCUT2D eigenvalue weighted by Crippen LogP contribution is 2.06. The lowest BCUT2D eigenvalue weighted by Gasteiger charge is -1.99. The van der Waals surface area contributed by atoms with Gasteiger partial charge >= 0.3 is 0 Å². The van der Waals surface area contributed by atoms with Gasteiger partial charge in [0.2, 0.25) is 0 Å². The van der Waals surface area contributed by atoms with E-state index in [2.05, 4.69) is 5.10 Å². The Hall–Kier alpha value is -0.930. The highest BCUT2D eigenvalue weighted by Gasteiger charge is 2.10. The maximum Gasteiger partial charge on any atom is 0.264 e. The van der Waals surface area contributed by atoms with Crippen LogP contribution >= 0.6 is 0 Å². The SMILES string of the molecule is CS(=O)(=O)c1cnn(CCCS(=O)(=O)O)c1. The van der Waals surface area contributed by atoms with Gasteiger partial charge in [-0.3, -0.25) is 9.23 Å². The minimum Gasteiger partial charge on any atom is -0.286 e. The summed E-state index contributed by atoms with van der Waals surface area (Å²) in [7, 11) is -7.26. The average molecular weight is 268 g/mol. The van der Waals surface area contributed by atoms with Crippen LogP contribution in [0.2, 0.25) is 0 Å². The molecule has 0 fully saturated rings. The summed E-state index contributed by atoms with van der Waals surface area (Å²) in [4.78, 5) is 0.0827. The second kappa shape index (κ2) is 4.52. The number of aromatic nitrogens is 2. The molecule has 0 aliphatic heterocycles. The first-order valence-corrected chi connectivity index (χ1v) is 7.86. The number of nitrogens with zero attached hydrogens (tertiary/aromatic N) is 2. The van der Waals surface area contributed by atoms with Crippen LogP contribution in [0.4, 0.5) is 0 Å². The molecule has 0 bridgehead atoms. The van der Waals surface area contributed by atoms with Crippen molar-refractivity contribution in [3.8, 4) is 0 Å². The fourth-order valence-corrected chi connectivity index (χ4v) is 2.11. The lowest BCUT2D eigenvalue weighted by atomic mass is 10.5. The van der Waals surface area contributed by atoms with E-state index in [1.807, 2.05) is 0 Å². The van der Waals surface area contributed by atoms with Crippen molar-refractivity contribution in [3.05, 3.63) is 12.4 Å². The Morgan fingerprint density at radius 3 is 2.44 bits per heavy atom. The van der Waals surface area contributed by atoms with Crippen LogP contribution in [0.3, 0.4) is 0 Å². The highest BCUT2D eigenvalue weighted by molar-refractivity contribution is 7.90. The largest absolute Gasteiger partial charge is 0.286 e. The summed E-state index contributed by atoms with van der Waals surface area (Å²) in [5.41, 5.74) is 0. The molecule has 9 heteroatoms. The van der Waals surface area contributed by atoms with Crippen molar-refractivity contribution in [2.24, 2.45) is 0 Å². The van der Waals surface area contributed by atoms with Crippen molar-refractivity contribution in [2.45, 2.75) is 17.9 Å². The molecule has 0 spiro atoms. The number of rotatable bonds is 5. The molecule has 0 unspecified atom stereocenters. The Balaban J connectivity index is 2.61. The molecule has 1 N–H and O–H groups in total. The predicted molar refractivity (Wildman–Crippen MR) is 56.4 cm³/mol. The van der Waals surface area contributed by atoms with Crippen LogP contribution in [0.25, 0.3) is 0 Å². The van der Waals surface area contributed by atoms with E-state index in [1.165, 1.54) is 17.1 Å². The molecule has 92 valence electrons. The molecule has 0 aliphatic carbocycles. The molecule has 0 aromatic carbocycles. The molecule has 1 aromatic heterocycles. The summed E-state index contributed by atoms with van der Waals surface area (Å²) < 4.78 is 52.8. The average Bonchev–Trinajstić information content (AvgIpc) is 2.49. The molecule has 0 radical (unpaired) electrons. The smallest absolute Gasteiger partial charge is 0.264 e. The molecule has 7 nitrogen and oxygen atoms in total. The van der Waals surface area contributed by atoms with Crippen LogP contribution in [-0.4, -0.2) is 43.2 Å². The van der Waals surface area contributed by atoms with Crippen LogP contribution < -0.4 is 0 Å². The molecule has 0 saturated heterocycles. The normalized spacial score (nSPS) is 12.9. The van der Waals surface area contributed by atoms with Gasteiger partial charge < -0.3 is 0 Å². The molecule has 0 amide bonds. The Bertz CT molecular complexity index is 557. The van der Waals surface area contributed by atoms with Gasteiger partial charge in [-0.15, -0.1) is 0 Å². The van der Waals surface area contributed by atoms with Crippen LogP contribution in [-0.2, 0) is 26.5 Å². The van der Waals surface area contributed by atoms with E-state index in [0.717, 1.165) is 6.26 Å². The van der Waals surface area contributed by atoms with Gasteiger partial charge in [-0.05, 0) is 6.42 Å². The van der Waals surface area contributed by atoms with E-state index < -0.39 is 20.0 Å². The zero-order valence-corrected chi connectivity index (χ0v) is 10.2. The Kier molecular flexibility index (Phi) is 3.71. The molecule has 1 heterocycles. The topological polar surface area (TPSA) is 106 Å². The molecule has 0 atom stereocenters. The van der Waals surface area contributed by atoms with Crippen molar-refractivity contribution in [1.82, 2.24) is 9.78 Å². The van der Waals surface area contributed by atoms with Crippen LogP contribution in [0.5, 0.6) is 0 Å². The number of sulfone groups is 1. The molecular weight excluding hydrogens is 256 g/mol. The predicted octanol–water partition coefficient (Wildman–Crippen LogP) is -0.435. The molecule has 0 aliphatic rings. The Morgan fingerprint density at radius 1 is 1.38 bits per heavy atom. The summed E-state index contributed by atoms with van der Waals surface area (Å²) >= 11 is 0. The molecule has 0 saturated carbocycles. The van der Waals surface area contributed by atoms with Gasteiger partial charge in [0.1, 0.15) is 4.90 Å². The zero-order valence-electron chi connectivity index (χ0n) is 8.57. The van der Waals surface area contributed by atoms with Crippen molar-refractivity contribution >= 4 is 20.0 Å². The second-order valence-electron chi connectivity index (χ2n) is 3.35. The van der Waals surface area contributed by atoms with E-state index in [9.17, 15) is 16.8 Å². The molecule has 16 heavy (non-hydrogen) atoms. The maximum absolute atomic E-state index is 11.1. The van der Waals surface area contributed by atoms with Gasteiger partial charge in [-0.2, -0.15) is 13.5 Å². The van der Waals surface area contributed by atoms with Crippen molar-refractivity contribution in [3.63, 3.8) is 0 Å². The quantitative estimate of drug-likeness (QED) is 0.726. The summed E-state index contributed by atoms with van der Waals surface area (Å²) in [5, 5.41) is 3.76. The van der Waals surface area contributed by atoms with Gasteiger partial charge in [0, 0.05) is 19.0 Å². The third-order valence-electron chi connectivity index (χ3n) is 1.83. The van der Waals surface area contributed by atoms with E-state index >= 15 is 0 Å². The first-order valence-electron chi connectivity index (χ1n) is 4.36. The van der Waals surface area contributed by atoms with Crippen LogP contribution in [0.15, 0.2) is 17.3 Å². The summed E-state index contributed by atoms with van der Waals surface area (Å²) in [6.45, 7) is 0.231. The number of aryl methyl sites for hydroxylation is 1. The van der Waals surface area contributed by atoms with Crippen molar-refractivity contribution in [2.75, 3.05) is 12.0 Å². The monoisotopic (exact) mass is 268 g/mol. The summed E-state index contributed by atoms with van der Waals surface area (Å²) in [6, 6.07) is 0. The lowest BCUT2D eigenvalue weighted by Crippen LogP contribution is -2.08. The van der Waals surface area contributed by atoms with E-state index in [0.29, 0.717) is 0 Å². The third kappa shape index (κ3) is 4.29. The number of hydrogen-bond donors (Lipinski definition) is 1. The first kappa shape index (κ1) is 13.1. The van der Waals surface area contributed by atoms with Crippen molar-refractivity contribution in [1.29, 1.82) is 0 Å². The zero-order chi connectivity index (χ0) is 12.4. The van der Waals surface area contributed by atoms with Gasteiger partial charge in [-0.25, -0.2) is 8.42 Å². The maximum atomic E-state index is 11.1. The summed E-state index contributed by atoms with van der Waals surface area (Å²) in [6.07, 6.45) is 3.75. The van der Waals surface area contributed by atoms with Crippen LogP contribution in [0, 0.1) is 0 Å². The standard InChI is InChI=1S/C7H12N2O5S2/c1-15(10,11)7-5-8-9(6-7)3-2-4-16(12,13)14/h5-6H,2-4H2,1H3,(H,12,13,14). The van der Waals surface area contributed by atoms with Crippen LogP contribution in [0.1, 0.15) is 6.42 Å². The minimum absolute atomic E-state index is 0.0827. The molecule has 1 rings (SSSR count). The second-order valence-corrected chi connectivity index (χ2v) is 6.94. The van der Waals surface area contributed by atoms with E-state index in [-0.39, 0.29) is 23.6 Å². The van der Waals surface area contributed by atoms with Gasteiger partial charge in [-0.1, -0.05) is 0 Å². The van der Waals surface area contributed by atoms with E-state index in [4.69, 9.17) is 4.55 Å². The summed E-state index contributed by atoms with van der Waals surface area (Å²) in [5.74, 6) is -0.374.